The summed E-state index contributed by atoms with van der Waals surface area (Å²) in [5, 5.41) is 1.13. The lowest BCUT2D eigenvalue weighted by Gasteiger charge is -2.30. The van der Waals surface area contributed by atoms with Crippen LogP contribution in [0, 0.1) is 25.2 Å². The number of hydrogen-bond donors (Lipinski definition) is 0. The van der Waals surface area contributed by atoms with Crippen molar-refractivity contribution in [3.63, 3.8) is 0 Å². The third-order valence-corrected chi connectivity index (χ3v) is 3.83. The first-order valence-corrected chi connectivity index (χ1v) is 6.50. The molecule has 0 unspecified atom stereocenters. The predicted octanol–water partition coefficient (Wildman–Crippen LogP) is 2.08. The molecule has 1 aromatic rings. The zero-order chi connectivity index (χ0) is 11.4. The molecule has 1 saturated heterocycles. The summed E-state index contributed by atoms with van der Waals surface area (Å²) in [5.74, 6) is 4.39. The molecule has 0 aliphatic carbocycles. The van der Waals surface area contributed by atoms with Crippen LogP contribution in [0.5, 0.6) is 0 Å². The van der Waals surface area contributed by atoms with Crippen molar-refractivity contribution in [2.45, 2.75) is 32.7 Å². The lowest BCUT2D eigenvalue weighted by Crippen LogP contribution is -2.33. The Morgan fingerprint density at radius 1 is 1.50 bits per heavy atom. The molecule has 2 rings (SSSR count). The van der Waals surface area contributed by atoms with E-state index in [0.29, 0.717) is 0 Å². The van der Waals surface area contributed by atoms with Crippen LogP contribution in [-0.4, -0.2) is 27.3 Å². The van der Waals surface area contributed by atoms with E-state index >= 15 is 0 Å². The van der Waals surface area contributed by atoms with Gasteiger partial charge in [0.25, 0.3) is 0 Å². The van der Waals surface area contributed by atoms with Crippen molar-refractivity contribution >= 4 is 11.5 Å². The highest BCUT2D eigenvalue weighted by molar-refractivity contribution is 7.05. The zero-order valence-corrected chi connectivity index (χ0v) is 10.5. The average Bonchev–Trinajstić information content (AvgIpc) is 2.67. The molecule has 1 aliphatic heterocycles. The smallest absolute Gasteiger partial charge is 0.139 e. The number of nitrogens with zero attached hydrogens (tertiary/aromatic N) is 3. The van der Waals surface area contributed by atoms with E-state index in [2.05, 4.69) is 20.2 Å². The fourth-order valence-corrected chi connectivity index (χ4v) is 2.80. The number of aromatic nitrogens is 2. The van der Waals surface area contributed by atoms with Gasteiger partial charge in [-0.25, -0.2) is 4.98 Å². The fourth-order valence-electron chi connectivity index (χ4n) is 2.11. The van der Waals surface area contributed by atoms with Crippen molar-refractivity contribution in [1.82, 2.24) is 14.3 Å². The number of likely N-dealkylation sites (tertiary alicyclic amines) is 1. The Morgan fingerprint density at radius 3 is 2.81 bits per heavy atom. The molecule has 0 amide bonds. The molecule has 4 heteroatoms. The van der Waals surface area contributed by atoms with E-state index < -0.39 is 0 Å². The molecule has 0 saturated carbocycles. The fraction of sp³-hybridized carbons (Fsp3) is 0.667. The zero-order valence-electron chi connectivity index (χ0n) is 9.65. The summed E-state index contributed by atoms with van der Waals surface area (Å²) in [7, 11) is 0. The lowest BCUT2D eigenvalue weighted by molar-refractivity contribution is 0.179. The maximum absolute atomic E-state index is 5.34. The molecule has 1 aliphatic rings. The van der Waals surface area contributed by atoms with Gasteiger partial charge >= 0.3 is 0 Å². The molecule has 86 valence electrons. The topological polar surface area (TPSA) is 29.0 Å². The summed E-state index contributed by atoms with van der Waals surface area (Å²) in [6, 6.07) is 0. The largest absolute Gasteiger partial charge is 0.297 e. The summed E-state index contributed by atoms with van der Waals surface area (Å²) in [6.45, 7) is 5.18. The van der Waals surface area contributed by atoms with Gasteiger partial charge in [-0.15, -0.1) is 12.3 Å². The number of terminal acetylenes is 1. The Hall–Kier alpha value is -0.920. The number of aryl methyl sites for hydroxylation is 1. The molecular weight excluding hydrogens is 218 g/mol. The van der Waals surface area contributed by atoms with E-state index in [1.54, 1.807) is 0 Å². The highest BCUT2D eigenvalue weighted by Crippen LogP contribution is 2.21. The van der Waals surface area contributed by atoms with E-state index in [1.807, 2.05) is 6.92 Å². The Kier molecular flexibility index (Phi) is 3.92. The van der Waals surface area contributed by atoms with Crippen LogP contribution in [0.2, 0.25) is 0 Å². The Balaban J connectivity index is 1.79. The van der Waals surface area contributed by atoms with Crippen molar-refractivity contribution in [1.29, 1.82) is 0 Å². The normalized spacial score (nSPS) is 18.5. The van der Waals surface area contributed by atoms with Gasteiger partial charge in [-0.3, -0.25) is 4.90 Å². The van der Waals surface area contributed by atoms with Gasteiger partial charge in [0.15, 0.2) is 0 Å². The molecule has 0 radical (unpaired) electrons. The highest BCUT2D eigenvalue weighted by Gasteiger charge is 2.19. The van der Waals surface area contributed by atoms with Crippen LogP contribution in [-0.2, 0) is 6.54 Å². The monoisotopic (exact) mass is 235 g/mol. The maximum Gasteiger partial charge on any atom is 0.139 e. The van der Waals surface area contributed by atoms with Crippen LogP contribution in [0.4, 0.5) is 0 Å². The van der Waals surface area contributed by atoms with E-state index in [-0.39, 0.29) is 0 Å². The molecular formula is C12H17N3S. The van der Waals surface area contributed by atoms with Crippen LogP contribution in [0.1, 0.15) is 30.1 Å². The molecule has 0 bridgehead atoms. The van der Waals surface area contributed by atoms with Crippen molar-refractivity contribution in [3.8, 4) is 12.3 Å². The van der Waals surface area contributed by atoms with Crippen molar-refractivity contribution in [2.75, 3.05) is 13.1 Å². The Labute approximate surface area is 101 Å². The van der Waals surface area contributed by atoms with Gasteiger partial charge in [-0.05, 0) is 50.3 Å². The molecule has 0 N–H and O–H groups in total. The maximum atomic E-state index is 5.34. The quantitative estimate of drug-likeness (QED) is 0.751. The molecule has 1 fully saturated rings. The molecule has 16 heavy (non-hydrogen) atoms. The number of rotatable bonds is 3. The van der Waals surface area contributed by atoms with Crippen LogP contribution in [0.25, 0.3) is 0 Å². The standard InChI is InChI=1S/C12H17N3S/c1-3-4-11-5-7-15(8-6-11)9-12-13-10(2)14-16-12/h1,11H,4-9H2,2H3. The van der Waals surface area contributed by atoms with Crippen molar-refractivity contribution in [2.24, 2.45) is 5.92 Å². The second kappa shape index (κ2) is 5.42. The summed E-state index contributed by atoms with van der Waals surface area (Å²) < 4.78 is 4.20. The minimum atomic E-state index is 0.734. The first-order chi connectivity index (χ1) is 7.78. The van der Waals surface area contributed by atoms with Crippen LogP contribution in [0.15, 0.2) is 0 Å². The van der Waals surface area contributed by atoms with Crippen molar-refractivity contribution in [3.05, 3.63) is 10.8 Å². The van der Waals surface area contributed by atoms with E-state index in [4.69, 9.17) is 6.42 Å². The lowest BCUT2D eigenvalue weighted by atomic mass is 9.94. The third kappa shape index (κ3) is 3.03. The van der Waals surface area contributed by atoms with Gasteiger partial charge in [-0.2, -0.15) is 4.37 Å². The molecule has 2 heterocycles. The second-order valence-corrected chi connectivity index (χ2v) is 5.20. The van der Waals surface area contributed by atoms with Gasteiger partial charge in [0.1, 0.15) is 10.8 Å². The van der Waals surface area contributed by atoms with Gasteiger partial charge in [0.05, 0.1) is 6.54 Å². The Morgan fingerprint density at radius 2 is 2.25 bits per heavy atom. The first kappa shape index (κ1) is 11.6. The average molecular weight is 235 g/mol. The number of piperidine rings is 1. The van der Waals surface area contributed by atoms with Crippen LogP contribution >= 0.6 is 11.5 Å². The summed E-state index contributed by atoms with van der Waals surface area (Å²) in [6.07, 6.45) is 8.72. The molecule has 0 aromatic carbocycles. The molecule has 0 atom stereocenters. The molecule has 0 spiro atoms. The highest BCUT2D eigenvalue weighted by atomic mass is 32.1. The first-order valence-electron chi connectivity index (χ1n) is 5.73. The number of hydrogen-bond acceptors (Lipinski definition) is 4. The summed E-state index contributed by atoms with van der Waals surface area (Å²) >= 11 is 1.52. The summed E-state index contributed by atoms with van der Waals surface area (Å²) in [4.78, 5) is 6.84. The van der Waals surface area contributed by atoms with E-state index in [0.717, 1.165) is 42.8 Å². The van der Waals surface area contributed by atoms with Gasteiger partial charge in [0, 0.05) is 6.42 Å². The summed E-state index contributed by atoms with van der Waals surface area (Å²) in [5.41, 5.74) is 0. The van der Waals surface area contributed by atoms with E-state index in [9.17, 15) is 0 Å². The van der Waals surface area contributed by atoms with Gasteiger partial charge in [-0.1, -0.05) is 0 Å². The van der Waals surface area contributed by atoms with Gasteiger partial charge in [0.2, 0.25) is 0 Å². The van der Waals surface area contributed by atoms with E-state index in [1.165, 1.54) is 24.4 Å². The van der Waals surface area contributed by atoms with Gasteiger partial charge < -0.3 is 0 Å². The molecule has 1 aromatic heterocycles. The van der Waals surface area contributed by atoms with Crippen LogP contribution < -0.4 is 0 Å². The SMILES string of the molecule is C#CCC1CCN(Cc2nc(C)ns2)CC1. The Bertz CT molecular complexity index is 372. The third-order valence-electron chi connectivity index (χ3n) is 3.04. The molecule has 3 nitrogen and oxygen atoms in total. The minimum absolute atomic E-state index is 0.734. The van der Waals surface area contributed by atoms with Crippen LogP contribution in [0.3, 0.4) is 0 Å². The second-order valence-electron chi connectivity index (χ2n) is 4.36. The minimum Gasteiger partial charge on any atom is -0.297 e. The van der Waals surface area contributed by atoms with Crippen molar-refractivity contribution < 1.29 is 0 Å². The predicted molar refractivity (Wildman–Crippen MR) is 66.1 cm³/mol.